The Balaban J connectivity index is 1.86. The minimum Gasteiger partial charge on any atom is -0.455 e. The number of benzene rings is 3. The Kier molecular flexibility index (Phi) is 8.15. The fraction of sp³-hybridized carbons (Fsp3) is 0.212. The van der Waals surface area contributed by atoms with Crippen LogP contribution in [0.1, 0.15) is 54.0 Å². The van der Waals surface area contributed by atoms with Crippen molar-refractivity contribution in [1.29, 1.82) is 0 Å². The van der Waals surface area contributed by atoms with E-state index < -0.39 is 0 Å². The zero-order valence-electron chi connectivity index (χ0n) is 22.9. The van der Waals surface area contributed by atoms with Gasteiger partial charge in [0.25, 0.3) is 11.8 Å². The van der Waals surface area contributed by atoms with Crippen LogP contribution in [-0.4, -0.2) is 25.4 Å². The van der Waals surface area contributed by atoms with Crippen LogP contribution in [0.5, 0.6) is 0 Å². The van der Waals surface area contributed by atoms with E-state index in [4.69, 9.17) is 4.42 Å². The fourth-order valence-electron chi connectivity index (χ4n) is 4.44. The molecule has 0 aliphatic rings. The molecule has 0 fully saturated rings. The van der Waals surface area contributed by atoms with Crippen LogP contribution in [0.4, 0.5) is 4.39 Å². The summed E-state index contributed by atoms with van der Waals surface area (Å²) in [6.07, 6.45) is 1.96. The lowest BCUT2D eigenvalue weighted by molar-refractivity contribution is 0.0945. The molecule has 200 valence electrons. The first kappa shape index (κ1) is 27.6. The van der Waals surface area contributed by atoms with Gasteiger partial charge in [-0.2, -0.15) is 0 Å². The summed E-state index contributed by atoms with van der Waals surface area (Å²) >= 11 is 0. The third-order valence-electron chi connectivity index (χ3n) is 6.33. The SMILES string of the molecule is C=C(C=C(C)C)c1ccc(-c2ccc3oc(-c4ccc(F)cc4)c(C(=O)NC)c3c2)cc1C(=O)NCC(C)C. The molecule has 2 amide bonds. The van der Waals surface area contributed by atoms with Gasteiger partial charge >= 0.3 is 0 Å². The van der Waals surface area contributed by atoms with Gasteiger partial charge in [-0.05, 0) is 84.5 Å². The predicted molar refractivity (Wildman–Crippen MR) is 156 cm³/mol. The standard InChI is InChI=1S/C33H33FN2O3/c1-19(2)15-21(5)26-13-9-23(16-27(26)32(37)36-18-20(3)4)24-10-14-29-28(17-24)30(33(38)35-6)31(39-29)22-7-11-25(34)12-8-22/h7-17,20H,5,18H2,1-4,6H3,(H,35,38)(H,36,37). The zero-order chi connectivity index (χ0) is 28.3. The molecule has 5 nitrogen and oxygen atoms in total. The molecule has 6 heteroatoms. The lowest BCUT2D eigenvalue weighted by Crippen LogP contribution is -2.28. The number of amides is 2. The molecule has 1 heterocycles. The van der Waals surface area contributed by atoms with Crippen molar-refractivity contribution in [3.63, 3.8) is 0 Å². The molecule has 0 atom stereocenters. The monoisotopic (exact) mass is 524 g/mol. The summed E-state index contributed by atoms with van der Waals surface area (Å²) in [7, 11) is 1.56. The fourth-order valence-corrected chi connectivity index (χ4v) is 4.44. The topological polar surface area (TPSA) is 71.3 Å². The van der Waals surface area contributed by atoms with E-state index in [1.54, 1.807) is 25.2 Å². The van der Waals surface area contributed by atoms with Crippen LogP contribution in [0.25, 0.3) is 39.0 Å². The van der Waals surface area contributed by atoms with Gasteiger partial charge in [-0.1, -0.05) is 50.3 Å². The third kappa shape index (κ3) is 6.01. The molecule has 39 heavy (non-hydrogen) atoms. The first-order chi connectivity index (χ1) is 18.6. The average molecular weight is 525 g/mol. The molecule has 0 saturated heterocycles. The maximum atomic E-state index is 13.5. The smallest absolute Gasteiger partial charge is 0.255 e. The van der Waals surface area contributed by atoms with E-state index in [2.05, 4.69) is 17.2 Å². The molecule has 4 rings (SSSR count). The summed E-state index contributed by atoms with van der Waals surface area (Å²) in [4.78, 5) is 26.2. The van der Waals surface area contributed by atoms with Crippen LogP contribution in [0.3, 0.4) is 0 Å². The van der Waals surface area contributed by atoms with Gasteiger partial charge in [0, 0.05) is 30.1 Å². The van der Waals surface area contributed by atoms with Crippen molar-refractivity contribution >= 4 is 28.4 Å². The lowest BCUT2D eigenvalue weighted by Gasteiger charge is -2.14. The Morgan fingerprint density at radius 2 is 1.56 bits per heavy atom. The molecule has 0 saturated carbocycles. The van der Waals surface area contributed by atoms with Crippen LogP contribution in [0.2, 0.25) is 0 Å². The molecule has 0 bridgehead atoms. The minimum absolute atomic E-state index is 0.169. The average Bonchev–Trinajstić information content (AvgIpc) is 3.29. The van der Waals surface area contributed by atoms with Crippen LogP contribution >= 0.6 is 0 Å². The van der Waals surface area contributed by atoms with Crippen molar-refractivity contribution in [2.75, 3.05) is 13.6 Å². The van der Waals surface area contributed by atoms with Crippen molar-refractivity contribution < 1.29 is 18.4 Å². The van der Waals surface area contributed by atoms with Gasteiger partial charge in [0.2, 0.25) is 0 Å². The number of carbonyl (C=O) groups is 2. The third-order valence-corrected chi connectivity index (χ3v) is 6.33. The summed E-state index contributed by atoms with van der Waals surface area (Å²) in [5, 5.41) is 6.32. The van der Waals surface area contributed by atoms with E-state index in [1.807, 2.05) is 64.1 Å². The normalized spacial score (nSPS) is 10.9. The molecule has 0 unspecified atom stereocenters. The number of halogens is 1. The zero-order valence-corrected chi connectivity index (χ0v) is 22.9. The highest BCUT2D eigenvalue weighted by Gasteiger charge is 2.22. The summed E-state index contributed by atoms with van der Waals surface area (Å²) in [5.41, 5.74) is 6.25. The number of fused-ring (bicyclic) bond motifs is 1. The first-order valence-corrected chi connectivity index (χ1v) is 12.9. The van der Waals surface area contributed by atoms with Gasteiger partial charge < -0.3 is 15.1 Å². The molecule has 0 aliphatic carbocycles. The molecule has 0 spiro atoms. The highest BCUT2D eigenvalue weighted by Crippen LogP contribution is 2.37. The largest absolute Gasteiger partial charge is 0.455 e. The Bertz CT molecular complexity index is 1590. The second kappa shape index (κ2) is 11.5. The first-order valence-electron chi connectivity index (χ1n) is 12.9. The number of allylic oxidation sites excluding steroid dienone is 3. The van der Waals surface area contributed by atoms with Crippen LogP contribution in [0.15, 0.2) is 83.3 Å². The Labute approximate surface area is 228 Å². The summed E-state index contributed by atoms with van der Waals surface area (Å²) in [6.45, 7) is 12.8. The molecule has 2 N–H and O–H groups in total. The highest BCUT2D eigenvalue weighted by atomic mass is 19.1. The van der Waals surface area contributed by atoms with E-state index in [1.165, 1.54) is 12.1 Å². The van der Waals surface area contributed by atoms with E-state index in [0.29, 0.717) is 45.9 Å². The number of nitrogens with one attached hydrogen (secondary N) is 2. The van der Waals surface area contributed by atoms with Gasteiger partial charge in [-0.3, -0.25) is 9.59 Å². The molecule has 3 aromatic carbocycles. The molecular formula is C33H33FN2O3. The van der Waals surface area contributed by atoms with Crippen LogP contribution in [-0.2, 0) is 0 Å². The van der Waals surface area contributed by atoms with Gasteiger partial charge in [0.1, 0.15) is 17.2 Å². The van der Waals surface area contributed by atoms with Gasteiger partial charge in [0.15, 0.2) is 0 Å². The van der Waals surface area contributed by atoms with Gasteiger partial charge in [-0.15, -0.1) is 0 Å². The maximum Gasteiger partial charge on any atom is 0.255 e. The van der Waals surface area contributed by atoms with Crippen molar-refractivity contribution in [1.82, 2.24) is 10.6 Å². The number of carbonyl (C=O) groups excluding carboxylic acids is 2. The number of hydrogen-bond acceptors (Lipinski definition) is 3. The Morgan fingerprint density at radius 3 is 2.21 bits per heavy atom. The van der Waals surface area contributed by atoms with E-state index >= 15 is 0 Å². The quantitative estimate of drug-likeness (QED) is 0.233. The second-order valence-corrected chi connectivity index (χ2v) is 10.2. The van der Waals surface area contributed by atoms with Gasteiger partial charge in [-0.25, -0.2) is 4.39 Å². The second-order valence-electron chi connectivity index (χ2n) is 10.2. The number of furan rings is 1. The lowest BCUT2D eigenvalue weighted by atomic mass is 9.93. The van der Waals surface area contributed by atoms with Crippen molar-refractivity contribution in [3.05, 3.63) is 101 Å². The van der Waals surface area contributed by atoms with Crippen LogP contribution < -0.4 is 10.6 Å². The number of hydrogen-bond donors (Lipinski definition) is 2. The molecule has 0 aliphatic heterocycles. The molecule has 0 radical (unpaired) electrons. The van der Waals surface area contributed by atoms with E-state index in [-0.39, 0.29) is 17.6 Å². The Hall–Kier alpha value is -4.45. The summed E-state index contributed by atoms with van der Waals surface area (Å²) in [5.74, 6) is -0.181. The van der Waals surface area contributed by atoms with E-state index in [0.717, 1.165) is 27.8 Å². The van der Waals surface area contributed by atoms with Crippen molar-refractivity contribution in [2.24, 2.45) is 5.92 Å². The predicted octanol–water partition coefficient (Wildman–Crippen LogP) is 7.63. The van der Waals surface area contributed by atoms with Crippen molar-refractivity contribution in [2.45, 2.75) is 27.7 Å². The van der Waals surface area contributed by atoms with Crippen molar-refractivity contribution in [3.8, 4) is 22.5 Å². The van der Waals surface area contributed by atoms with E-state index in [9.17, 15) is 14.0 Å². The van der Waals surface area contributed by atoms with Crippen LogP contribution in [0, 0.1) is 11.7 Å². The number of rotatable bonds is 8. The maximum absolute atomic E-state index is 13.5. The molecule has 4 aromatic rings. The summed E-state index contributed by atoms with van der Waals surface area (Å²) < 4.78 is 19.6. The highest BCUT2D eigenvalue weighted by molar-refractivity contribution is 6.12. The summed E-state index contributed by atoms with van der Waals surface area (Å²) in [6, 6.07) is 17.1. The molecule has 1 aromatic heterocycles. The van der Waals surface area contributed by atoms with Gasteiger partial charge in [0.05, 0.1) is 5.56 Å². The Morgan fingerprint density at radius 1 is 0.923 bits per heavy atom. The molecular weight excluding hydrogens is 491 g/mol. The minimum atomic E-state index is -0.373.